The molecular weight excluding hydrogens is 360 g/mol. The van der Waals surface area contributed by atoms with E-state index >= 15 is 0 Å². The minimum atomic E-state index is -0.952. The monoisotopic (exact) mass is 386 g/mol. The Kier molecular flexibility index (Phi) is 4.38. The molecule has 3 heteroatoms. The van der Waals surface area contributed by atoms with Gasteiger partial charge in [0.15, 0.2) is 5.78 Å². The summed E-state index contributed by atoms with van der Waals surface area (Å²) < 4.78 is 0. The number of carbonyl (C=O) groups is 2. The smallest absolute Gasteiger partial charge is 0.335 e. The molecule has 148 valence electrons. The van der Waals surface area contributed by atoms with E-state index in [9.17, 15) is 9.59 Å². The summed E-state index contributed by atoms with van der Waals surface area (Å²) in [7, 11) is 0. The van der Waals surface area contributed by atoms with Gasteiger partial charge in [-0.05, 0) is 69.8 Å². The van der Waals surface area contributed by atoms with Gasteiger partial charge >= 0.3 is 5.97 Å². The molecule has 4 rings (SSSR count). The summed E-state index contributed by atoms with van der Waals surface area (Å²) in [6.07, 6.45) is 0. The Hall–Kier alpha value is -2.94. The van der Waals surface area contributed by atoms with E-state index in [0.29, 0.717) is 17.4 Å². The lowest BCUT2D eigenvalue weighted by molar-refractivity contribution is 0.0697. The average molecular weight is 386 g/mol. The van der Waals surface area contributed by atoms with E-state index < -0.39 is 5.97 Å². The second-order valence-electron chi connectivity index (χ2n) is 8.91. The van der Waals surface area contributed by atoms with Crippen LogP contribution in [0.1, 0.15) is 76.6 Å². The highest BCUT2D eigenvalue weighted by Crippen LogP contribution is 2.51. The molecule has 0 heterocycles. The Balaban J connectivity index is 1.78. The third-order valence-corrected chi connectivity index (χ3v) is 7.15. The highest BCUT2D eigenvalue weighted by atomic mass is 16.4. The molecule has 0 spiro atoms. The molecule has 0 saturated heterocycles. The van der Waals surface area contributed by atoms with Crippen molar-refractivity contribution in [3.05, 3.63) is 81.9 Å². The highest BCUT2D eigenvalue weighted by Gasteiger charge is 2.42. The zero-order chi connectivity index (χ0) is 21.1. The number of ketones is 1. The van der Waals surface area contributed by atoms with Crippen molar-refractivity contribution in [3.63, 3.8) is 0 Å². The first kappa shape index (κ1) is 19.4. The van der Waals surface area contributed by atoms with Crippen LogP contribution in [0, 0.1) is 12.8 Å². The number of rotatable bonds is 3. The van der Waals surface area contributed by atoms with Gasteiger partial charge in [-0.1, -0.05) is 58.0 Å². The molecule has 1 N–H and O–H groups in total. The fraction of sp³-hybridized carbons (Fsp3) is 0.308. The lowest BCUT2D eigenvalue weighted by Gasteiger charge is -2.26. The number of hydrogen-bond donors (Lipinski definition) is 1. The molecule has 0 amide bonds. The Labute approximate surface area is 171 Å². The molecular formula is C26H26O3. The minimum absolute atomic E-state index is 0.0130. The van der Waals surface area contributed by atoms with Crippen LogP contribution >= 0.6 is 0 Å². The Morgan fingerprint density at radius 3 is 2.10 bits per heavy atom. The molecule has 29 heavy (non-hydrogen) atoms. The van der Waals surface area contributed by atoms with Gasteiger partial charge in [0.1, 0.15) is 0 Å². The van der Waals surface area contributed by atoms with Crippen molar-refractivity contribution in [2.45, 2.75) is 46.0 Å². The minimum Gasteiger partial charge on any atom is -0.478 e. The molecule has 0 aromatic heterocycles. The van der Waals surface area contributed by atoms with Gasteiger partial charge in [-0.25, -0.2) is 4.79 Å². The summed E-state index contributed by atoms with van der Waals surface area (Å²) in [5, 5.41) is 10.8. The van der Waals surface area contributed by atoms with Gasteiger partial charge in [-0.15, -0.1) is 0 Å². The van der Waals surface area contributed by atoms with Crippen molar-refractivity contribution in [1.82, 2.24) is 0 Å². The van der Waals surface area contributed by atoms with Crippen LogP contribution < -0.4 is 0 Å². The molecule has 0 aliphatic heterocycles. The predicted octanol–water partition coefficient (Wildman–Crippen LogP) is 6.11. The van der Waals surface area contributed by atoms with E-state index in [-0.39, 0.29) is 16.8 Å². The van der Waals surface area contributed by atoms with Crippen LogP contribution in [0.15, 0.2) is 48.5 Å². The zero-order valence-corrected chi connectivity index (χ0v) is 17.5. The van der Waals surface area contributed by atoms with Gasteiger partial charge in [0, 0.05) is 11.1 Å². The second kappa shape index (κ2) is 6.55. The SMILES string of the molecule is Cc1c(C(=O)c2ccc3cc(C(=O)O)ccc3c2)ccc2c1C(C)C(C)C2(C)C. The lowest BCUT2D eigenvalue weighted by atomic mass is 9.77. The van der Waals surface area contributed by atoms with Crippen LogP contribution in [0.4, 0.5) is 0 Å². The summed E-state index contributed by atoms with van der Waals surface area (Å²) in [5.74, 6) is -0.00407. The molecule has 0 bridgehead atoms. The van der Waals surface area contributed by atoms with Gasteiger partial charge in [0.2, 0.25) is 0 Å². The Morgan fingerprint density at radius 1 is 0.897 bits per heavy atom. The molecule has 2 unspecified atom stereocenters. The van der Waals surface area contributed by atoms with Gasteiger partial charge in [-0.3, -0.25) is 4.79 Å². The van der Waals surface area contributed by atoms with Gasteiger partial charge < -0.3 is 5.11 Å². The summed E-state index contributed by atoms with van der Waals surface area (Å²) in [4.78, 5) is 24.5. The van der Waals surface area contributed by atoms with E-state index in [1.165, 1.54) is 11.1 Å². The van der Waals surface area contributed by atoms with Crippen LogP contribution in [-0.2, 0) is 5.41 Å². The third-order valence-electron chi connectivity index (χ3n) is 7.15. The summed E-state index contributed by atoms with van der Waals surface area (Å²) in [6, 6.07) is 14.5. The van der Waals surface area contributed by atoms with Gasteiger partial charge in [-0.2, -0.15) is 0 Å². The molecule has 0 fully saturated rings. The maximum absolute atomic E-state index is 13.3. The molecule has 3 nitrogen and oxygen atoms in total. The van der Waals surface area contributed by atoms with Crippen molar-refractivity contribution in [1.29, 1.82) is 0 Å². The van der Waals surface area contributed by atoms with Gasteiger partial charge in [0.05, 0.1) is 5.56 Å². The van der Waals surface area contributed by atoms with Crippen molar-refractivity contribution < 1.29 is 14.7 Å². The quantitative estimate of drug-likeness (QED) is 0.553. The number of fused-ring (bicyclic) bond motifs is 2. The van der Waals surface area contributed by atoms with Gasteiger partial charge in [0.25, 0.3) is 0 Å². The summed E-state index contributed by atoms with van der Waals surface area (Å²) >= 11 is 0. The molecule has 1 aliphatic rings. The van der Waals surface area contributed by atoms with Crippen LogP contribution in [-0.4, -0.2) is 16.9 Å². The van der Waals surface area contributed by atoms with Crippen molar-refractivity contribution in [3.8, 4) is 0 Å². The molecule has 3 aromatic rings. The van der Waals surface area contributed by atoms with E-state index in [0.717, 1.165) is 21.9 Å². The number of carbonyl (C=O) groups excluding carboxylic acids is 1. The maximum Gasteiger partial charge on any atom is 0.335 e. The topological polar surface area (TPSA) is 54.4 Å². The Morgan fingerprint density at radius 2 is 1.48 bits per heavy atom. The zero-order valence-electron chi connectivity index (χ0n) is 17.5. The van der Waals surface area contributed by atoms with Crippen LogP contribution in [0.25, 0.3) is 10.8 Å². The first-order valence-corrected chi connectivity index (χ1v) is 10.1. The second-order valence-corrected chi connectivity index (χ2v) is 8.91. The predicted molar refractivity (Wildman–Crippen MR) is 116 cm³/mol. The standard InChI is InChI=1S/C26H26O3/c1-14-16(3)26(4,5)22-11-10-21(15(2)23(14)22)24(27)19-8-6-18-13-20(25(28)29)9-7-17(18)12-19/h6-14,16H,1-5H3,(H,28,29). The van der Waals surface area contributed by atoms with E-state index in [1.54, 1.807) is 24.3 Å². The Bertz CT molecular complexity index is 1170. The molecule has 0 radical (unpaired) electrons. The normalized spacial score (nSPS) is 19.9. The molecule has 1 aliphatic carbocycles. The number of aromatic carboxylic acids is 1. The van der Waals surface area contributed by atoms with E-state index in [2.05, 4.69) is 40.7 Å². The number of benzene rings is 3. The summed E-state index contributed by atoms with van der Waals surface area (Å²) in [6.45, 7) is 11.2. The largest absolute Gasteiger partial charge is 0.478 e. The maximum atomic E-state index is 13.3. The fourth-order valence-electron chi connectivity index (χ4n) is 4.92. The van der Waals surface area contributed by atoms with Crippen LogP contribution in [0.2, 0.25) is 0 Å². The van der Waals surface area contributed by atoms with Crippen molar-refractivity contribution >= 4 is 22.5 Å². The first-order valence-electron chi connectivity index (χ1n) is 10.1. The van der Waals surface area contributed by atoms with Crippen molar-refractivity contribution in [2.24, 2.45) is 5.92 Å². The third kappa shape index (κ3) is 2.88. The number of carboxylic acids is 1. The molecule has 3 aromatic carbocycles. The lowest BCUT2D eigenvalue weighted by Crippen LogP contribution is -2.22. The molecule has 2 atom stereocenters. The fourth-order valence-corrected chi connectivity index (χ4v) is 4.92. The average Bonchev–Trinajstić information content (AvgIpc) is 2.87. The van der Waals surface area contributed by atoms with Crippen LogP contribution in [0.3, 0.4) is 0 Å². The highest BCUT2D eigenvalue weighted by molar-refractivity contribution is 6.12. The number of hydrogen-bond acceptors (Lipinski definition) is 2. The first-order chi connectivity index (χ1) is 13.6. The number of carboxylic acid groups (broad SMARTS) is 1. The molecule has 0 saturated carbocycles. The summed E-state index contributed by atoms with van der Waals surface area (Å²) in [5.41, 5.74) is 5.48. The van der Waals surface area contributed by atoms with E-state index in [1.807, 2.05) is 18.2 Å². The van der Waals surface area contributed by atoms with E-state index in [4.69, 9.17) is 5.11 Å². The van der Waals surface area contributed by atoms with Crippen LogP contribution in [0.5, 0.6) is 0 Å². The van der Waals surface area contributed by atoms with Crippen molar-refractivity contribution in [2.75, 3.05) is 0 Å².